The van der Waals surface area contributed by atoms with E-state index >= 15 is 0 Å². The third kappa shape index (κ3) is 3.16. The predicted octanol–water partition coefficient (Wildman–Crippen LogP) is 2.91. The standard InChI is InChI=1S/C15H24N2O/c1-15(2)9-5-10-17(15)11-6-12-18-14-8-4-3-7-13(14)16/h3-4,7-8H,5-6,9-12,16H2,1-2H3. The van der Waals surface area contributed by atoms with Crippen molar-refractivity contribution >= 4 is 5.69 Å². The summed E-state index contributed by atoms with van der Waals surface area (Å²) in [6.07, 6.45) is 3.68. The van der Waals surface area contributed by atoms with E-state index in [0.29, 0.717) is 5.54 Å². The third-order valence-electron chi connectivity index (χ3n) is 3.82. The topological polar surface area (TPSA) is 38.5 Å². The van der Waals surface area contributed by atoms with E-state index in [2.05, 4.69) is 18.7 Å². The van der Waals surface area contributed by atoms with Gasteiger partial charge in [0.05, 0.1) is 12.3 Å². The van der Waals surface area contributed by atoms with E-state index in [1.54, 1.807) is 0 Å². The van der Waals surface area contributed by atoms with Crippen LogP contribution >= 0.6 is 0 Å². The van der Waals surface area contributed by atoms with Crippen molar-refractivity contribution in [2.45, 2.75) is 38.6 Å². The normalized spacial score (nSPS) is 19.0. The van der Waals surface area contributed by atoms with Crippen LogP contribution in [0, 0.1) is 0 Å². The Kier molecular flexibility index (Phi) is 4.12. The number of para-hydroxylation sites is 2. The molecule has 3 heteroatoms. The zero-order chi connectivity index (χ0) is 13.0. The maximum Gasteiger partial charge on any atom is 0.142 e. The highest BCUT2D eigenvalue weighted by Gasteiger charge is 2.30. The van der Waals surface area contributed by atoms with Gasteiger partial charge >= 0.3 is 0 Å². The number of benzene rings is 1. The van der Waals surface area contributed by atoms with Crippen molar-refractivity contribution in [3.63, 3.8) is 0 Å². The van der Waals surface area contributed by atoms with E-state index in [0.717, 1.165) is 31.0 Å². The molecule has 0 aromatic heterocycles. The van der Waals surface area contributed by atoms with Crippen molar-refractivity contribution in [2.24, 2.45) is 0 Å². The van der Waals surface area contributed by atoms with Crippen molar-refractivity contribution in [1.82, 2.24) is 4.90 Å². The smallest absolute Gasteiger partial charge is 0.142 e. The van der Waals surface area contributed by atoms with Crippen LogP contribution in [0.2, 0.25) is 0 Å². The summed E-state index contributed by atoms with van der Waals surface area (Å²) < 4.78 is 5.71. The molecule has 2 rings (SSSR count). The Morgan fingerprint density at radius 1 is 1.33 bits per heavy atom. The molecule has 1 aromatic carbocycles. The molecule has 0 aliphatic carbocycles. The molecule has 1 saturated heterocycles. The highest BCUT2D eigenvalue weighted by atomic mass is 16.5. The number of anilines is 1. The second kappa shape index (κ2) is 5.61. The fraction of sp³-hybridized carbons (Fsp3) is 0.600. The van der Waals surface area contributed by atoms with Gasteiger partial charge in [-0.1, -0.05) is 12.1 Å². The summed E-state index contributed by atoms with van der Waals surface area (Å²) in [6, 6.07) is 7.68. The number of rotatable bonds is 5. The molecule has 1 heterocycles. The van der Waals surface area contributed by atoms with Gasteiger partial charge in [-0.05, 0) is 51.8 Å². The first-order chi connectivity index (χ1) is 8.59. The molecule has 3 nitrogen and oxygen atoms in total. The molecule has 100 valence electrons. The fourth-order valence-corrected chi connectivity index (χ4v) is 2.63. The molecule has 1 aliphatic heterocycles. The molecule has 0 unspecified atom stereocenters. The summed E-state index contributed by atoms with van der Waals surface area (Å²) in [5.74, 6) is 0.804. The summed E-state index contributed by atoms with van der Waals surface area (Å²) >= 11 is 0. The van der Waals surface area contributed by atoms with Crippen LogP contribution in [0.1, 0.15) is 33.1 Å². The zero-order valence-electron chi connectivity index (χ0n) is 11.5. The molecule has 0 atom stereocenters. The molecule has 0 saturated carbocycles. The third-order valence-corrected chi connectivity index (χ3v) is 3.82. The van der Waals surface area contributed by atoms with Gasteiger partial charge in [-0.2, -0.15) is 0 Å². The van der Waals surface area contributed by atoms with E-state index in [9.17, 15) is 0 Å². The predicted molar refractivity (Wildman–Crippen MR) is 75.9 cm³/mol. The highest BCUT2D eigenvalue weighted by Crippen LogP contribution is 2.28. The SMILES string of the molecule is CC1(C)CCCN1CCCOc1ccccc1N. The number of likely N-dealkylation sites (tertiary alicyclic amines) is 1. The Labute approximate surface area is 110 Å². The molecule has 18 heavy (non-hydrogen) atoms. The first kappa shape index (κ1) is 13.2. The number of hydrogen-bond donors (Lipinski definition) is 1. The molecular weight excluding hydrogens is 224 g/mol. The van der Waals surface area contributed by atoms with Gasteiger partial charge < -0.3 is 10.5 Å². The molecule has 2 N–H and O–H groups in total. The van der Waals surface area contributed by atoms with Crippen molar-refractivity contribution in [3.05, 3.63) is 24.3 Å². The lowest BCUT2D eigenvalue weighted by Crippen LogP contribution is -2.39. The summed E-state index contributed by atoms with van der Waals surface area (Å²) in [6.45, 7) is 7.73. The molecule has 1 fully saturated rings. The number of nitrogen functional groups attached to an aromatic ring is 1. The van der Waals surface area contributed by atoms with Crippen LogP contribution in [0.25, 0.3) is 0 Å². The van der Waals surface area contributed by atoms with Gasteiger partial charge in [-0.25, -0.2) is 0 Å². The average molecular weight is 248 g/mol. The van der Waals surface area contributed by atoms with Crippen molar-refractivity contribution in [2.75, 3.05) is 25.4 Å². The van der Waals surface area contributed by atoms with Gasteiger partial charge in [0.2, 0.25) is 0 Å². The molecular formula is C15H24N2O. The van der Waals surface area contributed by atoms with E-state index in [1.807, 2.05) is 24.3 Å². The molecule has 0 bridgehead atoms. The Morgan fingerprint density at radius 3 is 2.78 bits per heavy atom. The Hall–Kier alpha value is -1.22. The highest BCUT2D eigenvalue weighted by molar-refractivity contribution is 5.51. The van der Waals surface area contributed by atoms with Gasteiger partial charge in [0.15, 0.2) is 0 Å². The molecule has 0 radical (unpaired) electrons. The summed E-state index contributed by atoms with van der Waals surface area (Å²) in [5, 5.41) is 0. The van der Waals surface area contributed by atoms with Gasteiger partial charge in [0, 0.05) is 12.1 Å². The van der Waals surface area contributed by atoms with Crippen LogP contribution in [-0.4, -0.2) is 30.1 Å². The number of nitrogens with zero attached hydrogens (tertiary/aromatic N) is 1. The van der Waals surface area contributed by atoms with Crippen LogP contribution < -0.4 is 10.5 Å². The quantitative estimate of drug-likeness (QED) is 0.643. The van der Waals surface area contributed by atoms with Crippen LogP contribution in [-0.2, 0) is 0 Å². The maximum atomic E-state index is 5.83. The zero-order valence-corrected chi connectivity index (χ0v) is 11.5. The van der Waals surface area contributed by atoms with Gasteiger partial charge in [-0.3, -0.25) is 4.90 Å². The molecule has 1 aromatic rings. The minimum Gasteiger partial charge on any atom is -0.491 e. The molecule has 0 spiro atoms. The Bertz CT molecular complexity index is 390. The lowest BCUT2D eigenvalue weighted by molar-refractivity contribution is 0.161. The lowest BCUT2D eigenvalue weighted by atomic mass is 10.0. The summed E-state index contributed by atoms with van der Waals surface area (Å²) in [5.41, 5.74) is 6.92. The second-order valence-electron chi connectivity index (χ2n) is 5.64. The van der Waals surface area contributed by atoms with E-state index in [1.165, 1.54) is 19.4 Å². The number of hydrogen-bond acceptors (Lipinski definition) is 3. The van der Waals surface area contributed by atoms with E-state index in [4.69, 9.17) is 10.5 Å². The van der Waals surface area contributed by atoms with Crippen LogP contribution in [0.3, 0.4) is 0 Å². The van der Waals surface area contributed by atoms with Crippen LogP contribution in [0.15, 0.2) is 24.3 Å². The number of nitrogens with two attached hydrogens (primary N) is 1. The minimum atomic E-state index is 0.367. The maximum absolute atomic E-state index is 5.83. The Balaban J connectivity index is 1.72. The molecule has 0 amide bonds. The Morgan fingerprint density at radius 2 is 2.11 bits per heavy atom. The van der Waals surface area contributed by atoms with E-state index < -0.39 is 0 Å². The van der Waals surface area contributed by atoms with E-state index in [-0.39, 0.29) is 0 Å². The first-order valence-electron chi connectivity index (χ1n) is 6.82. The number of ether oxygens (including phenoxy) is 1. The van der Waals surface area contributed by atoms with Gasteiger partial charge in [0.25, 0.3) is 0 Å². The van der Waals surface area contributed by atoms with Gasteiger partial charge in [0.1, 0.15) is 5.75 Å². The summed E-state index contributed by atoms with van der Waals surface area (Å²) in [4.78, 5) is 2.56. The van der Waals surface area contributed by atoms with Crippen LogP contribution in [0.4, 0.5) is 5.69 Å². The lowest BCUT2D eigenvalue weighted by Gasteiger charge is -2.31. The summed E-state index contributed by atoms with van der Waals surface area (Å²) in [7, 11) is 0. The van der Waals surface area contributed by atoms with Gasteiger partial charge in [-0.15, -0.1) is 0 Å². The van der Waals surface area contributed by atoms with Crippen molar-refractivity contribution in [3.8, 4) is 5.75 Å². The van der Waals surface area contributed by atoms with Crippen LogP contribution in [0.5, 0.6) is 5.75 Å². The second-order valence-corrected chi connectivity index (χ2v) is 5.64. The monoisotopic (exact) mass is 248 g/mol. The van der Waals surface area contributed by atoms with Crippen molar-refractivity contribution in [1.29, 1.82) is 0 Å². The minimum absolute atomic E-state index is 0.367. The first-order valence-corrected chi connectivity index (χ1v) is 6.82. The average Bonchev–Trinajstić information content (AvgIpc) is 2.66. The molecule has 1 aliphatic rings. The van der Waals surface area contributed by atoms with Crippen molar-refractivity contribution < 1.29 is 4.74 Å². The largest absolute Gasteiger partial charge is 0.491 e. The fourth-order valence-electron chi connectivity index (χ4n) is 2.63.